The summed E-state index contributed by atoms with van der Waals surface area (Å²) in [6.07, 6.45) is -1.29. The van der Waals surface area contributed by atoms with E-state index < -0.39 is 26.7 Å². The van der Waals surface area contributed by atoms with Gasteiger partial charge in [0.25, 0.3) is 0 Å². The minimum atomic E-state index is -4.68. The van der Waals surface area contributed by atoms with Gasteiger partial charge in [0.15, 0.2) is 0 Å². The number of rotatable bonds is 8. The third kappa shape index (κ3) is 5.65. The summed E-state index contributed by atoms with van der Waals surface area (Å²) >= 11 is 5.93. The van der Waals surface area contributed by atoms with Gasteiger partial charge >= 0.3 is 6.18 Å². The summed E-state index contributed by atoms with van der Waals surface area (Å²) in [5, 5.41) is -0.269. The molecule has 27 heavy (non-hydrogen) atoms. The predicted molar refractivity (Wildman–Crippen MR) is 94.8 cm³/mol. The molecule has 0 aliphatic rings. The van der Waals surface area contributed by atoms with E-state index in [1.807, 2.05) is 0 Å². The minimum Gasteiger partial charge on any atom is -0.385 e. The third-order valence-electron chi connectivity index (χ3n) is 3.74. The summed E-state index contributed by atoms with van der Waals surface area (Å²) < 4.78 is 71.2. The zero-order valence-electron chi connectivity index (χ0n) is 14.4. The molecule has 0 N–H and O–H groups in total. The fourth-order valence-electron chi connectivity index (χ4n) is 2.38. The van der Waals surface area contributed by atoms with Gasteiger partial charge < -0.3 is 4.74 Å². The van der Waals surface area contributed by atoms with Crippen LogP contribution in [-0.4, -0.2) is 38.0 Å². The number of alkyl halides is 3. The van der Waals surface area contributed by atoms with Crippen LogP contribution in [0.2, 0.25) is 5.02 Å². The Morgan fingerprint density at radius 2 is 1.85 bits per heavy atom. The SMILES string of the molecule is COCCCN(Cc1ccncc1)S(=O)(=O)c1cc(C(F)(F)F)ccc1Cl. The Kier molecular flexibility index (Phi) is 7.21. The molecule has 1 aromatic carbocycles. The van der Waals surface area contributed by atoms with Crippen LogP contribution < -0.4 is 0 Å². The van der Waals surface area contributed by atoms with Crippen molar-refractivity contribution in [2.24, 2.45) is 0 Å². The fraction of sp³-hybridized carbons (Fsp3) is 0.353. The van der Waals surface area contributed by atoms with E-state index in [0.29, 0.717) is 24.7 Å². The average molecular weight is 423 g/mol. The number of benzene rings is 1. The second-order valence-electron chi connectivity index (χ2n) is 5.68. The lowest BCUT2D eigenvalue weighted by molar-refractivity contribution is -0.137. The first kappa shape index (κ1) is 21.6. The van der Waals surface area contributed by atoms with Gasteiger partial charge in [-0.15, -0.1) is 0 Å². The molecule has 0 bridgehead atoms. The minimum absolute atomic E-state index is 0.0266. The van der Waals surface area contributed by atoms with Crippen molar-refractivity contribution in [1.82, 2.24) is 9.29 Å². The number of sulfonamides is 1. The highest BCUT2D eigenvalue weighted by Gasteiger charge is 2.34. The largest absolute Gasteiger partial charge is 0.416 e. The lowest BCUT2D eigenvalue weighted by Gasteiger charge is -2.23. The van der Waals surface area contributed by atoms with Gasteiger partial charge in [-0.05, 0) is 42.3 Å². The Balaban J connectivity index is 2.43. The molecular formula is C17H18ClF3N2O3S. The van der Waals surface area contributed by atoms with Crippen LogP contribution in [0, 0.1) is 0 Å². The normalized spacial score (nSPS) is 12.5. The highest BCUT2D eigenvalue weighted by Crippen LogP contribution is 2.34. The molecule has 0 radical (unpaired) electrons. The van der Waals surface area contributed by atoms with E-state index in [9.17, 15) is 21.6 Å². The molecule has 0 atom stereocenters. The molecule has 0 unspecified atom stereocenters. The summed E-state index contributed by atoms with van der Waals surface area (Å²) in [5.74, 6) is 0. The zero-order chi connectivity index (χ0) is 20.1. The Bertz CT molecular complexity index is 861. The molecule has 5 nitrogen and oxygen atoms in total. The van der Waals surface area contributed by atoms with Gasteiger partial charge in [-0.1, -0.05) is 11.6 Å². The molecule has 1 aromatic heterocycles. The highest BCUT2D eigenvalue weighted by atomic mass is 35.5. The van der Waals surface area contributed by atoms with E-state index in [0.717, 1.165) is 16.4 Å². The van der Waals surface area contributed by atoms with Gasteiger partial charge in [0.05, 0.1) is 10.6 Å². The van der Waals surface area contributed by atoms with Crippen LogP contribution in [-0.2, 0) is 27.5 Å². The van der Waals surface area contributed by atoms with Crippen molar-refractivity contribution in [2.75, 3.05) is 20.3 Å². The lowest BCUT2D eigenvalue weighted by atomic mass is 10.2. The monoisotopic (exact) mass is 422 g/mol. The number of hydrogen-bond donors (Lipinski definition) is 0. The molecule has 0 spiro atoms. The van der Waals surface area contributed by atoms with E-state index in [1.54, 1.807) is 12.1 Å². The molecule has 1 heterocycles. The quantitative estimate of drug-likeness (QED) is 0.604. The maximum atomic E-state index is 13.0. The molecule has 0 fully saturated rings. The van der Waals surface area contributed by atoms with E-state index in [4.69, 9.17) is 16.3 Å². The van der Waals surface area contributed by atoms with Crippen LogP contribution in [0.3, 0.4) is 0 Å². The number of aromatic nitrogens is 1. The molecule has 0 aliphatic heterocycles. The molecule has 0 saturated heterocycles. The van der Waals surface area contributed by atoms with Crippen molar-refractivity contribution < 1.29 is 26.3 Å². The first-order valence-electron chi connectivity index (χ1n) is 7.91. The zero-order valence-corrected chi connectivity index (χ0v) is 16.0. The smallest absolute Gasteiger partial charge is 0.385 e. The van der Waals surface area contributed by atoms with Gasteiger partial charge in [-0.3, -0.25) is 4.98 Å². The predicted octanol–water partition coefficient (Wildman–Crippen LogP) is 3.98. The molecular weight excluding hydrogens is 405 g/mol. The van der Waals surface area contributed by atoms with Crippen LogP contribution in [0.4, 0.5) is 13.2 Å². The summed E-state index contributed by atoms with van der Waals surface area (Å²) in [7, 11) is -2.79. The number of halogens is 4. The molecule has 0 saturated carbocycles. The first-order valence-corrected chi connectivity index (χ1v) is 9.73. The van der Waals surface area contributed by atoms with E-state index in [1.165, 1.54) is 19.5 Å². The van der Waals surface area contributed by atoms with Gasteiger partial charge in [0, 0.05) is 39.2 Å². The summed E-state index contributed by atoms with van der Waals surface area (Å²) in [6, 6.07) is 5.52. The van der Waals surface area contributed by atoms with Gasteiger partial charge in [0.2, 0.25) is 10.0 Å². The Morgan fingerprint density at radius 1 is 1.19 bits per heavy atom. The van der Waals surface area contributed by atoms with Crippen LogP contribution in [0.1, 0.15) is 17.5 Å². The third-order valence-corrected chi connectivity index (χ3v) is 6.07. The summed E-state index contributed by atoms with van der Waals surface area (Å²) in [4.78, 5) is 3.29. The van der Waals surface area contributed by atoms with Crippen LogP contribution >= 0.6 is 11.6 Å². The van der Waals surface area contributed by atoms with Crippen molar-refractivity contribution >= 4 is 21.6 Å². The lowest BCUT2D eigenvalue weighted by Crippen LogP contribution is -2.32. The Hall–Kier alpha value is -1.68. The van der Waals surface area contributed by atoms with Crippen molar-refractivity contribution in [1.29, 1.82) is 0 Å². The van der Waals surface area contributed by atoms with Crippen molar-refractivity contribution in [3.8, 4) is 0 Å². The van der Waals surface area contributed by atoms with Gasteiger partial charge in [-0.2, -0.15) is 17.5 Å². The van der Waals surface area contributed by atoms with E-state index in [2.05, 4.69) is 4.98 Å². The molecule has 0 amide bonds. The van der Waals surface area contributed by atoms with Gasteiger partial charge in [-0.25, -0.2) is 8.42 Å². The second kappa shape index (κ2) is 9.01. The number of nitrogens with zero attached hydrogens (tertiary/aromatic N) is 2. The van der Waals surface area contributed by atoms with Crippen LogP contribution in [0.25, 0.3) is 0 Å². The molecule has 10 heteroatoms. The Labute approximate surface area is 160 Å². The maximum Gasteiger partial charge on any atom is 0.416 e. The highest BCUT2D eigenvalue weighted by molar-refractivity contribution is 7.89. The van der Waals surface area contributed by atoms with Crippen LogP contribution in [0.5, 0.6) is 0 Å². The molecule has 0 aliphatic carbocycles. The van der Waals surface area contributed by atoms with Crippen molar-refractivity contribution in [2.45, 2.75) is 24.0 Å². The Morgan fingerprint density at radius 3 is 2.44 bits per heavy atom. The topological polar surface area (TPSA) is 59.5 Å². The molecule has 2 aromatic rings. The number of hydrogen-bond acceptors (Lipinski definition) is 4. The number of ether oxygens (including phenoxy) is 1. The molecule has 148 valence electrons. The molecule has 2 rings (SSSR count). The second-order valence-corrected chi connectivity index (χ2v) is 8.00. The fourth-order valence-corrected chi connectivity index (χ4v) is 4.34. The summed E-state index contributed by atoms with van der Waals surface area (Å²) in [5.41, 5.74) is -0.430. The van der Waals surface area contributed by atoms with E-state index in [-0.39, 0.29) is 18.1 Å². The summed E-state index contributed by atoms with van der Waals surface area (Å²) in [6.45, 7) is 0.338. The standard InChI is InChI=1S/C17H18ClF3N2O3S/c1-26-10-2-9-23(12-13-5-7-22-8-6-13)27(24,25)16-11-14(17(19,20)21)3-4-15(16)18/h3-8,11H,2,9-10,12H2,1H3. The first-order chi connectivity index (χ1) is 12.7. The number of methoxy groups -OCH3 is 1. The maximum absolute atomic E-state index is 13.0. The van der Waals surface area contributed by atoms with Crippen LogP contribution in [0.15, 0.2) is 47.6 Å². The van der Waals surface area contributed by atoms with Crippen molar-refractivity contribution in [3.63, 3.8) is 0 Å². The van der Waals surface area contributed by atoms with Crippen molar-refractivity contribution in [3.05, 3.63) is 58.9 Å². The number of pyridine rings is 1. The van der Waals surface area contributed by atoms with E-state index >= 15 is 0 Å². The van der Waals surface area contributed by atoms with Gasteiger partial charge in [0.1, 0.15) is 4.90 Å². The average Bonchev–Trinajstić information content (AvgIpc) is 2.61.